The third-order valence-corrected chi connectivity index (χ3v) is 8.15. The Bertz CT molecular complexity index is 2040. The molecule has 0 heterocycles. The smallest absolute Gasteiger partial charge is 0.289 e. The maximum absolute atomic E-state index is 12.3. The number of carbonyl (C=O) groups excluding carboxylic acids is 2. The van der Waals surface area contributed by atoms with Crippen molar-refractivity contribution in [2.45, 2.75) is 9.79 Å². The molecule has 0 spiro atoms. The van der Waals surface area contributed by atoms with Crippen LogP contribution in [0.3, 0.4) is 0 Å². The van der Waals surface area contributed by atoms with Crippen LogP contribution in [0.2, 0.25) is 10.0 Å². The molecule has 4 aromatic carbocycles. The highest BCUT2D eigenvalue weighted by Gasteiger charge is 2.18. The van der Waals surface area contributed by atoms with Crippen LogP contribution in [0.5, 0.6) is 0 Å². The molecule has 0 atom stereocenters. The van der Waals surface area contributed by atoms with Gasteiger partial charge in [-0.3, -0.25) is 9.59 Å². The number of nitrogens with two attached hydrogens (primary N) is 2. The number of sulfonamides is 2. The summed E-state index contributed by atoms with van der Waals surface area (Å²) in [6.07, 6.45) is 0. The van der Waals surface area contributed by atoms with Gasteiger partial charge in [0.2, 0.25) is 20.0 Å². The predicted molar refractivity (Wildman–Crippen MR) is 201 cm³/mol. The third kappa shape index (κ3) is 18.9. The number of nitriles is 2. The first kappa shape index (κ1) is 47.9. The van der Waals surface area contributed by atoms with Gasteiger partial charge in [0.25, 0.3) is 5.24 Å². The van der Waals surface area contributed by atoms with E-state index in [0.717, 1.165) is 12.1 Å². The molecule has 21 heteroatoms. The summed E-state index contributed by atoms with van der Waals surface area (Å²) in [5.74, 6) is -0.388. The van der Waals surface area contributed by atoms with E-state index in [2.05, 4.69) is 0 Å². The molecule has 4 aromatic rings. The average molecular weight is 896 g/mol. The van der Waals surface area contributed by atoms with E-state index in [1.165, 1.54) is 48.5 Å². The molecule has 4 N–H and O–H groups in total. The van der Waals surface area contributed by atoms with E-state index in [9.17, 15) is 26.4 Å². The fourth-order valence-electron chi connectivity index (χ4n) is 3.08. The quantitative estimate of drug-likeness (QED) is 0.0865. The molecular formula is C29H21AlCl8N4O6S2. The van der Waals surface area contributed by atoms with E-state index >= 15 is 0 Å². The van der Waals surface area contributed by atoms with Gasteiger partial charge in [0.1, 0.15) is 9.79 Å². The molecule has 264 valence electrons. The Labute approximate surface area is 331 Å². The molecule has 0 saturated heterocycles. The first-order chi connectivity index (χ1) is 23.2. The number of ketones is 1. The summed E-state index contributed by atoms with van der Waals surface area (Å²) in [5, 5.41) is 26.2. The van der Waals surface area contributed by atoms with Gasteiger partial charge in [0.15, 0.2) is 5.78 Å². The lowest BCUT2D eigenvalue weighted by molar-refractivity contribution is 0.103. The van der Waals surface area contributed by atoms with Crippen molar-refractivity contribution in [3.05, 3.63) is 129 Å². The molecule has 0 fully saturated rings. The van der Waals surface area contributed by atoms with Crippen molar-refractivity contribution in [3.8, 4) is 12.1 Å². The van der Waals surface area contributed by atoms with Gasteiger partial charge in [-0.15, -0.1) is 23.2 Å². The lowest BCUT2D eigenvalue weighted by Crippen LogP contribution is -2.14. The van der Waals surface area contributed by atoms with Crippen molar-refractivity contribution in [3.63, 3.8) is 0 Å². The Balaban J connectivity index is 0.000000708. The highest BCUT2D eigenvalue weighted by Crippen LogP contribution is 2.24. The van der Waals surface area contributed by atoms with Gasteiger partial charge in [-0.25, -0.2) is 57.3 Å². The highest BCUT2D eigenvalue weighted by atomic mass is 35.8. The predicted octanol–water partition coefficient (Wildman–Crippen LogP) is 8.12. The first-order valence-electron chi connectivity index (χ1n) is 12.6. The van der Waals surface area contributed by atoms with E-state index in [-0.39, 0.29) is 42.1 Å². The fourth-order valence-corrected chi connectivity index (χ4v) is 5.34. The lowest BCUT2D eigenvalue weighted by Gasteiger charge is -2.05. The topological polar surface area (TPSA) is 202 Å². The van der Waals surface area contributed by atoms with Crippen LogP contribution in [-0.2, 0) is 20.0 Å². The van der Waals surface area contributed by atoms with Crippen LogP contribution >= 0.6 is 88.2 Å². The minimum absolute atomic E-state index is 0.0279. The zero-order valence-electron chi connectivity index (χ0n) is 24.8. The Morgan fingerprint density at radius 1 is 0.640 bits per heavy atom. The van der Waals surface area contributed by atoms with Crippen LogP contribution < -0.4 is 10.3 Å². The van der Waals surface area contributed by atoms with Gasteiger partial charge in [-0.1, -0.05) is 41.4 Å². The van der Waals surface area contributed by atoms with Gasteiger partial charge in [-0.2, -0.15) is 10.5 Å². The molecule has 10 nitrogen and oxygen atoms in total. The van der Waals surface area contributed by atoms with Gasteiger partial charge in [0, 0.05) is 16.7 Å². The molecule has 0 radical (unpaired) electrons. The summed E-state index contributed by atoms with van der Waals surface area (Å²) in [7, 11) is 6.89. The number of alkyl halides is 2. The molecular weight excluding hydrogens is 875 g/mol. The van der Waals surface area contributed by atoms with Crippen LogP contribution in [0, 0.1) is 22.7 Å². The Morgan fingerprint density at radius 2 is 0.980 bits per heavy atom. The largest absolute Gasteiger partial charge is 0.643 e. The number of hydrogen-bond acceptors (Lipinski definition) is 8. The van der Waals surface area contributed by atoms with Crippen LogP contribution in [-0.4, -0.2) is 44.6 Å². The van der Waals surface area contributed by atoms with Crippen molar-refractivity contribution in [1.29, 1.82) is 10.5 Å². The summed E-state index contributed by atoms with van der Waals surface area (Å²) >= 11 is 24.3. The van der Waals surface area contributed by atoms with E-state index in [4.69, 9.17) is 109 Å². The zero-order valence-corrected chi connectivity index (χ0v) is 33.6. The molecule has 0 aliphatic heterocycles. The molecule has 0 bridgehead atoms. The van der Waals surface area contributed by atoms with Crippen LogP contribution in [0.4, 0.5) is 0 Å². The normalized spacial score (nSPS) is 9.92. The van der Waals surface area contributed by atoms with Gasteiger partial charge >= 0.3 is 11.4 Å². The summed E-state index contributed by atoms with van der Waals surface area (Å²) in [5.41, 5.74) is 1.64. The van der Waals surface area contributed by atoms with Crippen molar-refractivity contribution in [2.75, 3.05) is 5.34 Å². The number of primary sulfonamides is 2. The first-order valence-corrected chi connectivity index (χ1v) is 23.1. The lowest BCUT2D eigenvalue weighted by atomic mass is 10.0. The van der Waals surface area contributed by atoms with Crippen molar-refractivity contribution in [2.24, 2.45) is 10.3 Å². The van der Waals surface area contributed by atoms with Gasteiger partial charge < -0.3 is 0 Å². The third-order valence-electron chi connectivity index (χ3n) is 5.14. The maximum Gasteiger partial charge on any atom is 0.643 e. The second-order valence-electron chi connectivity index (χ2n) is 8.50. The maximum atomic E-state index is 12.3. The molecule has 0 saturated carbocycles. The summed E-state index contributed by atoms with van der Waals surface area (Å²) < 4.78 is 44.7. The van der Waals surface area contributed by atoms with E-state index in [1.807, 2.05) is 30.3 Å². The minimum Gasteiger partial charge on any atom is -0.289 e. The second kappa shape index (κ2) is 24.2. The van der Waals surface area contributed by atoms with Crippen molar-refractivity contribution in [1.82, 2.24) is 0 Å². The number of nitrogens with zero attached hydrogens (tertiary/aromatic N) is 2. The molecule has 0 aliphatic carbocycles. The van der Waals surface area contributed by atoms with Gasteiger partial charge in [0.05, 0.1) is 38.6 Å². The number of rotatable bonds is 5. The number of halogens is 8. The van der Waals surface area contributed by atoms with Crippen molar-refractivity contribution >= 4 is 131 Å². The SMILES string of the molecule is ClCCl.N#Cc1ccc(C(=O)c2ccc(Cl)c(S(N)(=O)=O)c2)cc1.N#Cc1ccccc1.NS(=O)(=O)c1cc(C(=O)Cl)ccc1Cl.[Cl][Al]([Cl])[Cl]. The van der Waals surface area contributed by atoms with E-state index < -0.39 is 36.7 Å². The zero-order chi connectivity index (χ0) is 38.7. The molecule has 0 amide bonds. The monoisotopic (exact) mass is 892 g/mol. The summed E-state index contributed by atoms with van der Waals surface area (Å²) in [6, 6.07) is 26.5. The molecule has 0 aliphatic rings. The number of carbonyl (C=O) groups is 2. The Morgan fingerprint density at radius 3 is 1.32 bits per heavy atom. The molecule has 0 unspecified atom stereocenters. The van der Waals surface area contributed by atoms with Crippen LogP contribution in [0.1, 0.15) is 37.4 Å². The van der Waals surface area contributed by atoms with Crippen molar-refractivity contribution < 1.29 is 26.4 Å². The Kier molecular flexibility index (Phi) is 23.1. The molecule has 0 aromatic heterocycles. The van der Waals surface area contributed by atoms with Crippen LogP contribution in [0.25, 0.3) is 0 Å². The number of hydrogen-bond donors (Lipinski definition) is 2. The number of benzene rings is 4. The Hall–Kier alpha value is -2.13. The van der Waals surface area contributed by atoms with Crippen LogP contribution in [0.15, 0.2) is 101 Å². The summed E-state index contributed by atoms with van der Waals surface area (Å²) in [4.78, 5) is 22.4. The van der Waals surface area contributed by atoms with E-state index in [0.29, 0.717) is 16.7 Å². The van der Waals surface area contributed by atoms with Gasteiger partial charge in [-0.05, 0) is 84.4 Å². The standard InChI is InChI=1S/C14H9ClN2O3S.C7H5Cl2NO3S.C7H5N.CH2Cl2.Al.3ClH/c15-12-6-5-11(7-13(12)21(17,19)20)14(18)10-3-1-9(8-16)2-4-10;8-5-2-1-4(7(9)11)3-6(5)14(10,12)13;8-6-7-4-2-1-3-5-7;2-1-3;;;;/h1-7H,(H2,17,19,20);1-3H,(H2,10,12,13);1-5H;1H2;;3*1H/q;;;;+3;;;/p-3. The minimum atomic E-state index is -4.01. The fraction of sp³-hybridized carbons (Fsp3) is 0.0345. The second-order valence-corrected chi connectivity index (χ2v) is 20.0. The average Bonchev–Trinajstić information content (AvgIpc) is 3.05. The highest BCUT2D eigenvalue weighted by molar-refractivity contribution is 7.89. The molecule has 4 rings (SSSR count). The van der Waals surface area contributed by atoms with E-state index in [1.54, 1.807) is 12.1 Å². The molecule has 50 heavy (non-hydrogen) atoms. The summed E-state index contributed by atoms with van der Waals surface area (Å²) in [6.45, 7) is 0.